The summed E-state index contributed by atoms with van der Waals surface area (Å²) in [4.78, 5) is 28.1. The van der Waals surface area contributed by atoms with Crippen molar-refractivity contribution in [2.24, 2.45) is 0 Å². The zero-order chi connectivity index (χ0) is 27.6. The Balaban J connectivity index is 2.21. The maximum Gasteiger partial charge on any atom is 0.243 e. The van der Waals surface area contributed by atoms with Gasteiger partial charge in [0, 0.05) is 25.6 Å². The average Bonchev–Trinajstić information content (AvgIpc) is 2.86. The van der Waals surface area contributed by atoms with E-state index in [4.69, 9.17) is 16.3 Å². The Kier molecular flexibility index (Phi) is 11.7. The van der Waals surface area contributed by atoms with Crippen molar-refractivity contribution in [3.8, 4) is 5.75 Å². The molecule has 0 heterocycles. The van der Waals surface area contributed by atoms with Gasteiger partial charge in [0.2, 0.25) is 21.8 Å². The Morgan fingerprint density at radius 1 is 1.08 bits per heavy atom. The number of rotatable bonds is 14. The van der Waals surface area contributed by atoms with Crippen LogP contribution >= 0.6 is 11.6 Å². The predicted molar refractivity (Wildman–Crippen MR) is 148 cm³/mol. The minimum atomic E-state index is -3.63. The number of carbonyl (C=O) groups is 2. The van der Waals surface area contributed by atoms with Crippen molar-refractivity contribution in [1.82, 2.24) is 10.2 Å². The van der Waals surface area contributed by atoms with Crippen molar-refractivity contribution in [2.45, 2.75) is 65.1 Å². The van der Waals surface area contributed by atoms with Crippen LogP contribution in [0, 0.1) is 0 Å². The number of amides is 2. The molecule has 2 aromatic rings. The van der Waals surface area contributed by atoms with Gasteiger partial charge in [-0.15, -0.1) is 0 Å². The lowest BCUT2D eigenvalue weighted by Crippen LogP contribution is -2.50. The Morgan fingerprint density at radius 3 is 2.30 bits per heavy atom. The van der Waals surface area contributed by atoms with Crippen molar-refractivity contribution in [3.05, 3.63) is 59.1 Å². The number of hydrogen-bond acceptors (Lipinski definition) is 5. The highest BCUT2D eigenvalue weighted by Gasteiger charge is 2.29. The van der Waals surface area contributed by atoms with Crippen molar-refractivity contribution < 1.29 is 22.7 Å². The van der Waals surface area contributed by atoms with E-state index in [9.17, 15) is 18.0 Å². The number of hydrogen-bond donors (Lipinski definition) is 1. The Morgan fingerprint density at radius 2 is 1.76 bits per heavy atom. The molecule has 0 aliphatic carbocycles. The molecule has 0 radical (unpaired) electrons. The zero-order valence-electron chi connectivity index (χ0n) is 22.2. The lowest BCUT2D eigenvalue weighted by atomic mass is 10.1. The first-order valence-electron chi connectivity index (χ1n) is 12.5. The topological polar surface area (TPSA) is 96.0 Å². The molecule has 2 aromatic carbocycles. The van der Waals surface area contributed by atoms with Gasteiger partial charge in [-0.3, -0.25) is 13.9 Å². The summed E-state index contributed by atoms with van der Waals surface area (Å²) < 4.78 is 31.4. The third kappa shape index (κ3) is 8.93. The molecule has 8 nitrogen and oxygen atoms in total. The molecule has 2 amide bonds. The summed E-state index contributed by atoms with van der Waals surface area (Å²) in [6, 6.07) is 13.6. The van der Waals surface area contributed by atoms with E-state index in [0.717, 1.165) is 18.2 Å². The molecule has 0 unspecified atom stereocenters. The van der Waals surface area contributed by atoms with Gasteiger partial charge in [-0.1, -0.05) is 55.8 Å². The molecule has 0 saturated carbocycles. The van der Waals surface area contributed by atoms with Crippen LogP contribution in [0.5, 0.6) is 5.75 Å². The molecule has 0 aliphatic rings. The molecule has 2 rings (SSSR count). The van der Waals surface area contributed by atoms with Gasteiger partial charge in [0.25, 0.3) is 0 Å². The largest absolute Gasteiger partial charge is 0.495 e. The summed E-state index contributed by atoms with van der Waals surface area (Å²) in [5, 5.41) is 3.28. The van der Waals surface area contributed by atoms with E-state index >= 15 is 0 Å². The van der Waals surface area contributed by atoms with Crippen LogP contribution in [-0.2, 0) is 26.2 Å². The molecule has 2 atom stereocenters. The van der Waals surface area contributed by atoms with Gasteiger partial charge >= 0.3 is 0 Å². The number of benzene rings is 2. The maximum absolute atomic E-state index is 13.5. The van der Waals surface area contributed by atoms with Crippen LogP contribution in [0.1, 0.15) is 52.0 Å². The fourth-order valence-corrected chi connectivity index (χ4v) is 5.16. The number of anilines is 1. The molecule has 204 valence electrons. The molecule has 0 bridgehead atoms. The lowest BCUT2D eigenvalue weighted by molar-refractivity contribution is -0.141. The van der Waals surface area contributed by atoms with Crippen LogP contribution in [0.2, 0.25) is 5.02 Å². The van der Waals surface area contributed by atoms with E-state index in [2.05, 4.69) is 5.32 Å². The fourth-order valence-electron chi connectivity index (χ4n) is 3.96. The highest BCUT2D eigenvalue weighted by molar-refractivity contribution is 7.92. The van der Waals surface area contributed by atoms with Crippen LogP contribution < -0.4 is 14.4 Å². The van der Waals surface area contributed by atoms with Gasteiger partial charge in [0.1, 0.15) is 11.8 Å². The van der Waals surface area contributed by atoms with Crippen LogP contribution in [0.15, 0.2) is 48.5 Å². The molecule has 0 aromatic heterocycles. The molecule has 37 heavy (non-hydrogen) atoms. The lowest BCUT2D eigenvalue weighted by Gasteiger charge is -2.32. The van der Waals surface area contributed by atoms with E-state index < -0.39 is 16.1 Å². The van der Waals surface area contributed by atoms with Gasteiger partial charge in [-0.2, -0.15) is 0 Å². The molecule has 0 spiro atoms. The second kappa shape index (κ2) is 14.2. The second-order valence-electron chi connectivity index (χ2n) is 9.01. The van der Waals surface area contributed by atoms with E-state index in [-0.39, 0.29) is 48.8 Å². The monoisotopic (exact) mass is 551 g/mol. The maximum atomic E-state index is 13.5. The third-order valence-corrected chi connectivity index (χ3v) is 7.65. The minimum absolute atomic E-state index is 0.00475. The Bertz CT molecular complexity index is 1140. The van der Waals surface area contributed by atoms with Gasteiger partial charge in [-0.25, -0.2) is 8.42 Å². The van der Waals surface area contributed by atoms with Crippen molar-refractivity contribution in [2.75, 3.05) is 24.2 Å². The number of carbonyl (C=O) groups excluding carboxylic acids is 2. The normalized spacial score (nSPS) is 12.9. The van der Waals surface area contributed by atoms with Crippen LogP contribution in [0.25, 0.3) is 0 Å². The number of sulfonamides is 1. The molecule has 1 N–H and O–H groups in total. The first-order chi connectivity index (χ1) is 17.5. The third-order valence-electron chi connectivity index (χ3n) is 6.16. The summed E-state index contributed by atoms with van der Waals surface area (Å²) in [5.74, 6) is 0.0369. The number of ether oxygens (including phenoxy) is 1. The average molecular weight is 552 g/mol. The molecule has 0 fully saturated rings. The second-order valence-corrected chi connectivity index (χ2v) is 11.3. The van der Waals surface area contributed by atoms with Crippen molar-refractivity contribution in [3.63, 3.8) is 0 Å². The summed E-state index contributed by atoms with van der Waals surface area (Å²) in [7, 11) is -2.15. The molecular weight excluding hydrogens is 514 g/mol. The quantitative estimate of drug-likeness (QED) is 0.370. The van der Waals surface area contributed by atoms with E-state index in [0.29, 0.717) is 17.9 Å². The van der Waals surface area contributed by atoms with Crippen LogP contribution in [0.3, 0.4) is 0 Å². The van der Waals surface area contributed by atoms with E-state index in [1.165, 1.54) is 17.5 Å². The molecule has 10 heteroatoms. The fraction of sp³-hybridized carbons (Fsp3) is 0.481. The number of nitrogens with one attached hydrogen (secondary N) is 1. The highest BCUT2D eigenvalue weighted by atomic mass is 35.5. The van der Waals surface area contributed by atoms with Gasteiger partial charge in [-0.05, 0) is 49.9 Å². The summed E-state index contributed by atoms with van der Waals surface area (Å²) >= 11 is 6.21. The minimum Gasteiger partial charge on any atom is -0.495 e. The van der Waals surface area contributed by atoms with E-state index in [1.54, 1.807) is 17.0 Å². The van der Waals surface area contributed by atoms with Gasteiger partial charge in [0.15, 0.2) is 0 Å². The van der Waals surface area contributed by atoms with E-state index in [1.807, 2.05) is 51.1 Å². The van der Waals surface area contributed by atoms with Gasteiger partial charge in [0.05, 0.1) is 24.1 Å². The smallest absolute Gasteiger partial charge is 0.243 e. The van der Waals surface area contributed by atoms with Crippen LogP contribution in [0.4, 0.5) is 5.69 Å². The number of halogens is 1. The summed E-state index contributed by atoms with van der Waals surface area (Å²) in [6.45, 7) is 6.17. The molecule has 0 saturated heterocycles. The molecule has 0 aliphatic heterocycles. The van der Waals surface area contributed by atoms with Crippen LogP contribution in [-0.4, -0.2) is 57.1 Å². The standard InChI is InChI=1S/C27H38ClN3O5S/c1-6-20(3)29-27(33)24(7-2)30(19-21-12-9-8-10-13-21)26(32)14-11-17-31(37(5,34)35)22-15-16-25(36-4)23(28)18-22/h8-10,12-13,15-16,18,20,24H,6-7,11,14,17,19H2,1-5H3,(H,29,33)/t20-,24+/m1/s1. The molecular formula is C27H38ClN3O5S. The van der Waals surface area contributed by atoms with Crippen molar-refractivity contribution >= 4 is 39.1 Å². The SMILES string of the molecule is CC[C@@H](C)NC(=O)[C@H](CC)N(Cc1ccccc1)C(=O)CCCN(c1ccc(OC)c(Cl)c1)S(C)(=O)=O. The predicted octanol–water partition coefficient (Wildman–Crippen LogP) is 4.62. The highest BCUT2D eigenvalue weighted by Crippen LogP contribution is 2.30. The number of nitrogens with zero attached hydrogens (tertiary/aromatic N) is 2. The summed E-state index contributed by atoms with van der Waals surface area (Å²) in [6.07, 6.45) is 2.70. The Labute approximate surface area is 226 Å². The summed E-state index contributed by atoms with van der Waals surface area (Å²) in [5.41, 5.74) is 1.30. The first-order valence-corrected chi connectivity index (χ1v) is 14.7. The first kappa shape index (κ1) is 30.4. The van der Waals surface area contributed by atoms with Gasteiger partial charge < -0.3 is 15.0 Å². The number of methoxy groups -OCH3 is 1. The zero-order valence-corrected chi connectivity index (χ0v) is 23.8. The van der Waals surface area contributed by atoms with Crippen molar-refractivity contribution in [1.29, 1.82) is 0 Å². The Hall–Kier alpha value is -2.78.